The van der Waals surface area contributed by atoms with Crippen molar-refractivity contribution in [2.24, 2.45) is 0 Å². The zero-order valence-electron chi connectivity index (χ0n) is 7.12. The Kier molecular flexibility index (Phi) is 5.08. The Bertz CT molecular complexity index is 214. The fourth-order valence-electron chi connectivity index (χ4n) is 0.946. The van der Waals surface area contributed by atoms with Crippen molar-refractivity contribution < 1.29 is 17.8 Å². The molecule has 12 heavy (non-hydrogen) atoms. The van der Waals surface area contributed by atoms with E-state index < -0.39 is 10.1 Å². The number of hydrogen-bond acceptors (Lipinski definition) is 3. The average Bonchev–Trinajstić information content (AvgIpc) is 1.85. The summed E-state index contributed by atoms with van der Waals surface area (Å²) in [4.78, 5) is 10.5. The SMILES string of the molecule is CS(=O)(=O)O.O=C1CCCCC1. The van der Waals surface area contributed by atoms with Crippen molar-refractivity contribution in [3.63, 3.8) is 0 Å². The fraction of sp³-hybridized carbons (Fsp3) is 0.857. The van der Waals surface area contributed by atoms with Crippen LogP contribution in [0, 0.1) is 0 Å². The van der Waals surface area contributed by atoms with Crippen LogP contribution in [0.15, 0.2) is 0 Å². The van der Waals surface area contributed by atoms with Crippen molar-refractivity contribution in [3.05, 3.63) is 0 Å². The van der Waals surface area contributed by atoms with Gasteiger partial charge < -0.3 is 0 Å². The molecule has 1 saturated carbocycles. The lowest BCUT2D eigenvalue weighted by Crippen LogP contribution is -2.02. The molecular weight excluding hydrogens is 180 g/mol. The second kappa shape index (κ2) is 5.27. The minimum atomic E-state index is -3.67. The Morgan fingerprint density at radius 3 is 1.67 bits per heavy atom. The van der Waals surface area contributed by atoms with Crippen LogP contribution in [0.4, 0.5) is 0 Å². The molecule has 5 heteroatoms. The van der Waals surface area contributed by atoms with Gasteiger partial charge in [0.15, 0.2) is 0 Å². The van der Waals surface area contributed by atoms with Crippen LogP contribution in [0.1, 0.15) is 32.1 Å². The summed E-state index contributed by atoms with van der Waals surface area (Å²) in [6.45, 7) is 0. The lowest BCUT2D eigenvalue weighted by Gasteiger charge is -2.05. The molecule has 1 rings (SSSR count). The molecule has 0 bridgehead atoms. The monoisotopic (exact) mass is 194 g/mol. The molecule has 0 spiro atoms. The van der Waals surface area contributed by atoms with E-state index >= 15 is 0 Å². The number of rotatable bonds is 0. The van der Waals surface area contributed by atoms with E-state index in [1.54, 1.807) is 0 Å². The fourth-order valence-corrected chi connectivity index (χ4v) is 0.946. The van der Waals surface area contributed by atoms with E-state index in [9.17, 15) is 13.2 Å². The molecular formula is C7H14O4S. The smallest absolute Gasteiger partial charge is 0.261 e. The molecule has 72 valence electrons. The summed E-state index contributed by atoms with van der Waals surface area (Å²) < 4.78 is 25.9. The minimum absolute atomic E-state index is 0.464. The van der Waals surface area contributed by atoms with Crippen LogP contribution in [0.2, 0.25) is 0 Å². The first-order valence-electron chi connectivity index (χ1n) is 3.84. The molecule has 1 aliphatic carbocycles. The molecule has 0 atom stereocenters. The topological polar surface area (TPSA) is 71.4 Å². The highest BCUT2D eigenvalue weighted by atomic mass is 32.2. The van der Waals surface area contributed by atoms with Gasteiger partial charge >= 0.3 is 0 Å². The molecule has 1 fully saturated rings. The van der Waals surface area contributed by atoms with E-state index in [4.69, 9.17) is 4.55 Å². The molecule has 4 nitrogen and oxygen atoms in total. The van der Waals surface area contributed by atoms with Gasteiger partial charge in [-0.25, -0.2) is 0 Å². The maximum atomic E-state index is 10.5. The Labute approximate surface area is 72.7 Å². The molecule has 0 amide bonds. The Morgan fingerprint density at radius 2 is 1.50 bits per heavy atom. The summed E-state index contributed by atoms with van der Waals surface area (Å²) in [5.41, 5.74) is 0. The van der Waals surface area contributed by atoms with Gasteiger partial charge in [-0.3, -0.25) is 9.35 Å². The molecule has 0 radical (unpaired) electrons. The van der Waals surface area contributed by atoms with Gasteiger partial charge in [-0.05, 0) is 12.8 Å². The number of carbonyl (C=O) groups is 1. The molecule has 0 aromatic carbocycles. The van der Waals surface area contributed by atoms with Crippen LogP contribution >= 0.6 is 0 Å². The molecule has 0 saturated heterocycles. The summed E-state index contributed by atoms with van der Waals surface area (Å²) in [5.74, 6) is 0.464. The molecule has 0 unspecified atom stereocenters. The summed E-state index contributed by atoms with van der Waals surface area (Å²) in [5, 5.41) is 0. The van der Waals surface area contributed by atoms with Gasteiger partial charge in [-0.1, -0.05) is 6.42 Å². The predicted molar refractivity (Wildman–Crippen MR) is 45.6 cm³/mol. The van der Waals surface area contributed by atoms with Crippen molar-refractivity contribution >= 4 is 15.9 Å². The lowest BCUT2D eigenvalue weighted by molar-refractivity contribution is -0.120. The van der Waals surface area contributed by atoms with Gasteiger partial charge in [-0.2, -0.15) is 8.42 Å². The van der Waals surface area contributed by atoms with E-state index in [-0.39, 0.29) is 0 Å². The largest absolute Gasteiger partial charge is 0.300 e. The van der Waals surface area contributed by atoms with Crippen molar-refractivity contribution in [1.29, 1.82) is 0 Å². The summed E-state index contributed by atoms with van der Waals surface area (Å²) in [6.07, 6.45) is 5.95. The Balaban J connectivity index is 0.000000217. The first kappa shape index (κ1) is 11.6. The highest BCUT2D eigenvalue weighted by Gasteiger charge is 2.05. The zero-order chi connectivity index (χ0) is 9.61. The normalized spacial score (nSPS) is 18.0. The number of hydrogen-bond donors (Lipinski definition) is 1. The number of ketones is 1. The van der Waals surface area contributed by atoms with Gasteiger partial charge in [0.1, 0.15) is 5.78 Å². The van der Waals surface area contributed by atoms with Gasteiger partial charge in [0.05, 0.1) is 6.26 Å². The maximum absolute atomic E-state index is 10.5. The van der Waals surface area contributed by atoms with E-state index in [0.717, 1.165) is 25.7 Å². The first-order chi connectivity index (χ1) is 5.39. The molecule has 0 aromatic rings. The number of carbonyl (C=O) groups excluding carboxylic acids is 1. The molecule has 0 aromatic heterocycles. The van der Waals surface area contributed by atoms with Gasteiger partial charge in [0.25, 0.3) is 10.1 Å². The highest BCUT2D eigenvalue weighted by Crippen LogP contribution is 2.12. The van der Waals surface area contributed by atoms with Crippen LogP contribution in [0.25, 0.3) is 0 Å². The maximum Gasteiger partial charge on any atom is 0.261 e. The Morgan fingerprint density at radius 1 is 1.17 bits per heavy atom. The van der Waals surface area contributed by atoms with Crippen LogP contribution < -0.4 is 0 Å². The second-order valence-corrected chi connectivity index (χ2v) is 4.30. The standard InChI is InChI=1S/C6H10O.CH4O3S/c7-6-4-2-1-3-5-6;1-5(2,3)4/h1-5H2;1H3,(H,2,3,4). The van der Waals surface area contributed by atoms with Gasteiger partial charge in [-0.15, -0.1) is 0 Å². The third-order valence-corrected chi connectivity index (χ3v) is 1.41. The van der Waals surface area contributed by atoms with Crippen LogP contribution in [0.5, 0.6) is 0 Å². The minimum Gasteiger partial charge on any atom is -0.300 e. The summed E-state index contributed by atoms with van der Waals surface area (Å²) >= 11 is 0. The molecule has 0 heterocycles. The summed E-state index contributed by atoms with van der Waals surface area (Å²) in [7, 11) is -3.67. The molecule has 1 N–H and O–H groups in total. The average molecular weight is 194 g/mol. The number of Topliss-reactive ketones (excluding diaryl/α,β-unsaturated/α-hetero) is 1. The molecule has 0 aliphatic heterocycles. The van der Waals surface area contributed by atoms with Gasteiger partial charge in [0, 0.05) is 12.8 Å². The first-order valence-corrected chi connectivity index (χ1v) is 5.68. The van der Waals surface area contributed by atoms with E-state index in [2.05, 4.69) is 0 Å². The molecule has 1 aliphatic rings. The van der Waals surface area contributed by atoms with Crippen molar-refractivity contribution in [2.45, 2.75) is 32.1 Å². The second-order valence-electron chi connectivity index (χ2n) is 2.83. The van der Waals surface area contributed by atoms with Crippen LogP contribution in [-0.2, 0) is 14.9 Å². The van der Waals surface area contributed by atoms with Crippen molar-refractivity contribution in [3.8, 4) is 0 Å². The van der Waals surface area contributed by atoms with Crippen molar-refractivity contribution in [1.82, 2.24) is 0 Å². The van der Waals surface area contributed by atoms with Crippen LogP contribution in [0.3, 0.4) is 0 Å². The summed E-state index contributed by atoms with van der Waals surface area (Å²) in [6, 6.07) is 0. The van der Waals surface area contributed by atoms with Gasteiger partial charge in [0.2, 0.25) is 0 Å². The van der Waals surface area contributed by atoms with E-state index in [0.29, 0.717) is 12.0 Å². The third kappa shape index (κ3) is 12.3. The Hall–Kier alpha value is -0.420. The highest BCUT2D eigenvalue weighted by molar-refractivity contribution is 7.85. The lowest BCUT2D eigenvalue weighted by atomic mass is 10.00. The third-order valence-electron chi connectivity index (χ3n) is 1.41. The van der Waals surface area contributed by atoms with E-state index in [1.165, 1.54) is 6.42 Å². The predicted octanol–water partition coefficient (Wildman–Crippen LogP) is 1.02. The van der Waals surface area contributed by atoms with E-state index in [1.807, 2.05) is 0 Å². The van der Waals surface area contributed by atoms with Crippen LogP contribution in [-0.4, -0.2) is 25.0 Å². The van der Waals surface area contributed by atoms with Crippen molar-refractivity contribution in [2.75, 3.05) is 6.26 Å². The zero-order valence-corrected chi connectivity index (χ0v) is 7.93. The quantitative estimate of drug-likeness (QED) is 0.584.